The number of aryl methyl sites for hydroxylation is 1. The van der Waals surface area contributed by atoms with E-state index in [4.69, 9.17) is 11.6 Å². The van der Waals surface area contributed by atoms with Gasteiger partial charge in [0.15, 0.2) is 5.13 Å². The number of fused-ring (bicyclic) bond motifs is 1. The largest absolute Gasteiger partial charge is 0.337 e. The molecule has 2 aromatic heterocycles. The summed E-state index contributed by atoms with van der Waals surface area (Å²) in [4.78, 5) is 23.7. The molecular weight excluding hydrogens is 460 g/mol. The third kappa shape index (κ3) is 4.27. The number of benzene rings is 2. The van der Waals surface area contributed by atoms with Crippen molar-refractivity contribution in [2.45, 2.75) is 13.0 Å². The number of amides is 1. The molecule has 2 heterocycles. The molecule has 0 aliphatic carbocycles. The van der Waals surface area contributed by atoms with Crippen LogP contribution in [0.5, 0.6) is 0 Å². The number of anilines is 1. The van der Waals surface area contributed by atoms with Crippen LogP contribution in [0.4, 0.5) is 5.13 Å². The van der Waals surface area contributed by atoms with Crippen LogP contribution in [-0.4, -0.2) is 27.0 Å². The van der Waals surface area contributed by atoms with E-state index in [1.54, 1.807) is 41.7 Å². The normalized spacial score (nSPS) is 11.1. The van der Waals surface area contributed by atoms with Gasteiger partial charge in [-0.2, -0.15) is 0 Å². The van der Waals surface area contributed by atoms with Crippen LogP contribution < -0.4 is 4.90 Å². The Bertz CT molecular complexity index is 1110. The zero-order chi connectivity index (χ0) is 19.5. The molecule has 2 aromatic carbocycles. The molecule has 142 valence electrons. The molecule has 5 nitrogen and oxygen atoms in total. The summed E-state index contributed by atoms with van der Waals surface area (Å²) in [5, 5.41) is 1.22. The van der Waals surface area contributed by atoms with Crippen molar-refractivity contribution in [1.29, 1.82) is 0 Å². The Labute approximate surface area is 179 Å². The molecule has 0 aliphatic rings. The molecule has 0 atom stereocenters. The van der Waals surface area contributed by atoms with Crippen LogP contribution >= 0.6 is 38.9 Å². The first kappa shape index (κ1) is 19.1. The number of rotatable bonds is 6. The third-order valence-corrected chi connectivity index (χ3v) is 6.01. The van der Waals surface area contributed by atoms with Gasteiger partial charge in [0.2, 0.25) is 0 Å². The van der Waals surface area contributed by atoms with Crippen LogP contribution in [0.3, 0.4) is 0 Å². The minimum atomic E-state index is -0.105. The molecule has 0 saturated heterocycles. The van der Waals surface area contributed by atoms with Gasteiger partial charge in [-0.3, -0.25) is 9.69 Å². The monoisotopic (exact) mass is 474 g/mol. The van der Waals surface area contributed by atoms with Gasteiger partial charge in [-0.05, 0) is 42.8 Å². The van der Waals surface area contributed by atoms with Gasteiger partial charge in [0.05, 0.1) is 16.5 Å². The fourth-order valence-corrected chi connectivity index (χ4v) is 4.63. The van der Waals surface area contributed by atoms with Crippen molar-refractivity contribution in [3.05, 3.63) is 76.2 Å². The summed E-state index contributed by atoms with van der Waals surface area (Å²) in [5.41, 5.74) is 1.43. The molecule has 0 radical (unpaired) electrons. The Kier molecular flexibility index (Phi) is 5.75. The predicted molar refractivity (Wildman–Crippen MR) is 117 cm³/mol. The van der Waals surface area contributed by atoms with E-state index in [2.05, 4.69) is 25.9 Å². The molecule has 4 rings (SSSR count). The molecule has 8 heteroatoms. The van der Waals surface area contributed by atoms with E-state index >= 15 is 0 Å². The fraction of sp³-hybridized carbons (Fsp3) is 0.150. The lowest BCUT2D eigenvalue weighted by atomic mass is 10.2. The number of carbonyl (C=O) groups excluding carboxylic acids is 1. The quantitative estimate of drug-likeness (QED) is 0.362. The van der Waals surface area contributed by atoms with E-state index < -0.39 is 0 Å². The molecule has 28 heavy (non-hydrogen) atoms. The molecule has 0 bridgehead atoms. The van der Waals surface area contributed by atoms with Crippen LogP contribution in [0.2, 0.25) is 5.02 Å². The zero-order valence-electron chi connectivity index (χ0n) is 14.8. The average Bonchev–Trinajstić information content (AvgIpc) is 3.34. The summed E-state index contributed by atoms with van der Waals surface area (Å²) in [7, 11) is 0. The first-order chi connectivity index (χ1) is 13.6. The maximum atomic E-state index is 13.2. The Morgan fingerprint density at radius 3 is 2.93 bits per heavy atom. The molecule has 4 aromatic rings. The van der Waals surface area contributed by atoms with Gasteiger partial charge in [-0.15, -0.1) is 0 Å². The summed E-state index contributed by atoms with van der Waals surface area (Å²) >= 11 is 11.1. The van der Waals surface area contributed by atoms with Crippen molar-refractivity contribution in [1.82, 2.24) is 14.5 Å². The van der Waals surface area contributed by atoms with Crippen molar-refractivity contribution in [3.8, 4) is 0 Å². The lowest BCUT2D eigenvalue weighted by molar-refractivity contribution is 0.0986. The second-order valence-electron chi connectivity index (χ2n) is 6.23. The Morgan fingerprint density at radius 1 is 1.25 bits per heavy atom. The van der Waals surface area contributed by atoms with E-state index in [0.29, 0.717) is 22.3 Å². The van der Waals surface area contributed by atoms with Crippen LogP contribution in [0, 0.1) is 0 Å². The second kappa shape index (κ2) is 8.43. The number of nitrogens with zero attached hydrogens (tertiary/aromatic N) is 4. The van der Waals surface area contributed by atoms with Crippen molar-refractivity contribution in [2.75, 3.05) is 11.4 Å². The molecular formula is C20H16BrClN4OS. The maximum Gasteiger partial charge on any atom is 0.260 e. The summed E-state index contributed by atoms with van der Waals surface area (Å²) in [6.07, 6.45) is 6.22. The lowest BCUT2D eigenvalue weighted by Crippen LogP contribution is -2.32. The minimum Gasteiger partial charge on any atom is -0.337 e. The highest BCUT2D eigenvalue weighted by Crippen LogP contribution is 2.32. The number of imidazole rings is 1. The van der Waals surface area contributed by atoms with Crippen LogP contribution in [0.25, 0.3) is 10.2 Å². The highest BCUT2D eigenvalue weighted by molar-refractivity contribution is 9.10. The minimum absolute atomic E-state index is 0.105. The number of carbonyl (C=O) groups is 1. The van der Waals surface area contributed by atoms with E-state index in [-0.39, 0.29) is 5.91 Å². The third-order valence-electron chi connectivity index (χ3n) is 4.24. The van der Waals surface area contributed by atoms with Crippen molar-refractivity contribution in [3.63, 3.8) is 0 Å². The van der Waals surface area contributed by atoms with Crippen LogP contribution in [-0.2, 0) is 6.54 Å². The molecule has 0 unspecified atom stereocenters. The number of thiazole rings is 1. The van der Waals surface area contributed by atoms with Gasteiger partial charge < -0.3 is 4.57 Å². The summed E-state index contributed by atoms with van der Waals surface area (Å²) in [6.45, 7) is 1.32. The Morgan fingerprint density at radius 2 is 2.14 bits per heavy atom. The lowest BCUT2D eigenvalue weighted by Gasteiger charge is -2.20. The molecule has 1 amide bonds. The Balaban J connectivity index is 1.63. The van der Waals surface area contributed by atoms with E-state index in [0.717, 1.165) is 27.7 Å². The van der Waals surface area contributed by atoms with Crippen molar-refractivity contribution < 1.29 is 4.79 Å². The van der Waals surface area contributed by atoms with Gasteiger partial charge in [-0.25, -0.2) is 9.97 Å². The smallest absolute Gasteiger partial charge is 0.260 e. The first-order valence-electron chi connectivity index (χ1n) is 8.69. The molecule has 0 N–H and O–H groups in total. The van der Waals surface area contributed by atoms with Gasteiger partial charge in [-0.1, -0.05) is 44.9 Å². The summed E-state index contributed by atoms with van der Waals surface area (Å²) in [6, 6.07) is 12.9. The van der Waals surface area contributed by atoms with Gasteiger partial charge >= 0.3 is 0 Å². The Hall–Kier alpha value is -2.22. The van der Waals surface area contributed by atoms with Crippen molar-refractivity contribution >= 4 is 60.1 Å². The highest BCUT2D eigenvalue weighted by Gasteiger charge is 2.21. The number of hydrogen-bond donors (Lipinski definition) is 0. The SMILES string of the molecule is O=C(c1cccc(Cl)c1)N(CCCn1ccnc1)c1nc2ccc(Br)cc2s1. The molecule has 0 fully saturated rings. The number of hydrogen-bond acceptors (Lipinski definition) is 4. The van der Waals surface area contributed by atoms with E-state index in [9.17, 15) is 4.79 Å². The molecule has 0 spiro atoms. The number of halogens is 2. The zero-order valence-corrected chi connectivity index (χ0v) is 17.9. The van der Waals surface area contributed by atoms with Gasteiger partial charge in [0.25, 0.3) is 5.91 Å². The van der Waals surface area contributed by atoms with E-state index in [1.165, 1.54) is 11.3 Å². The van der Waals surface area contributed by atoms with Crippen LogP contribution in [0.15, 0.2) is 65.7 Å². The highest BCUT2D eigenvalue weighted by atomic mass is 79.9. The van der Waals surface area contributed by atoms with Crippen LogP contribution in [0.1, 0.15) is 16.8 Å². The number of aromatic nitrogens is 3. The van der Waals surface area contributed by atoms with Gasteiger partial charge in [0, 0.05) is 40.5 Å². The maximum absolute atomic E-state index is 13.2. The second-order valence-corrected chi connectivity index (χ2v) is 8.59. The summed E-state index contributed by atoms with van der Waals surface area (Å²) < 4.78 is 4.02. The topological polar surface area (TPSA) is 51.0 Å². The molecule has 0 aliphatic heterocycles. The molecule has 0 saturated carbocycles. The van der Waals surface area contributed by atoms with Crippen molar-refractivity contribution in [2.24, 2.45) is 0 Å². The summed E-state index contributed by atoms with van der Waals surface area (Å²) in [5.74, 6) is -0.105. The van der Waals surface area contributed by atoms with Gasteiger partial charge in [0.1, 0.15) is 0 Å². The fourth-order valence-electron chi connectivity index (χ4n) is 2.89. The van der Waals surface area contributed by atoms with E-state index in [1.807, 2.05) is 29.0 Å². The predicted octanol–water partition coefficient (Wildman–Crippen LogP) is 5.65. The standard InChI is InChI=1S/C20H16BrClN4OS/c21-15-5-6-17-18(12-15)28-20(24-17)26(9-2-8-25-10-7-23-13-25)19(27)14-3-1-4-16(22)11-14/h1,3-7,10-13H,2,8-9H2. The average molecular weight is 476 g/mol. The first-order valence-corrected chi connectivity index (χ1v) is 10.7.